The molecular weight excluding hydrogens is 222 g/mol. The number of nitrogens with zero attached hydrogens (tertiary/aromatic N) is 3. The lowest BCUT2D eigenvalue weighted by molar-refractivity contribution is 1.15. The SMILES string of the molecule is Clc1ncccc1-c1ccn2cncc2c1. The lowest BCUT2D eigenvalue weighted by atomic mass is 10.1. The van der Waals surface area contributed by atoms with Gasteiger partial charge < -0.3 is 4.40 Å². The standard InChI is InChI=1S/C12H8ClN3/c13-12-11(2-1-4-15-12)9-3-5-16-8-14-7-10(16)6-9/h1-8H. The van der Waals surface area contributed by atoms with E-state index in [1.807, 2.05) is 41.1 Å². The predicted octanol–water partition coefficient (Wildman–Crippen LogP) is 3.05. The van der Waals surface area contributed by atoms with Crippen LogP contribution >= 0.6 is 11.6 Å². The zero-order valence-electron chi connectivity index (χ0n) is 8.34. The summed E-state index contributed by atoms with van der Waals surface area (Å²) in [6.07, 6.45) is 7.22. The van der Waals surface area contributed by atoms with Gasteiger partial charge in [0.15, 0.2) is 0 Å². The fraction of sp³-hybridized carbons (Fsp3) is 0. The quantitative estimate of drug-likeness (QED) is 0.601. The number of rotatable bonds is 1. The van der Waals surface area contributed by atoms with Crippen LogP contribution in [0.1, 0.15) is 0 Å². The molecule has 4 heteroatoms. The molecule has 0 amide bonds. The van der Waals surface area contributed by atoms with Gasteiger partial charge in [0.25, 0.3) is 0 Å². The molecule has 16 heavy (non-hydrogen) atoms. The van der Waals surface area contributed by atoms with Crippen LogP contribution in [0.4, 0.5) is 0 Å². The molecule has 3 aromatic rings. The number of imidazole rings is 1. The molecule has 0 radical (unpaired) electrons. The summed E-state index contributed by atoms with van der Waals surface area (Å²) >= 11 is 6.05. The minimum Gasteiger partial charge on any atom is -0.306 e. The molecule has 78 valence electrons. The maximum atomic E-state index is 6.05. The molecule has 3 nitrogen and oxygen atoms in total. The Kier molecular flexibility index (Phi) is 2.11. The van der Waals surface area contributed by atoms with Gasteiger partial charge in [-0.25, -0.2) is 9.97 Å². The smallest absolute Gasteiger partial charge is 0.136 e. The second-order valence-corrected chi connectivity index (χ2v) is 3.84. The average Bonchev–Trinajstić information content (AvgIpc) is 2.76. The zero-order chi connectivity index (χ0) is 11.0. The van der Waals surface area contributed by atoms with Gasteiger partial charge in [-0.05, 0) is 29.8 Å². The van der Waals surface area contributed by atoms with Crippen molar-refractivity contribution >= 4 is 17.1 Å². The lowest BCUT2D eigenvalue weighted by Crippen LogP contribution is -1.85. The lowest BCUT2D eigenvalue weighted by Gasteiger charge is -2.03. The van der Waals surface area contributed by atoms with Gasteiger partial charge in [0.1, 0.15) is 5.15 Å². The molecule has 0 bridgehead atoms. The highest BCUT2D eigenvalue weighted by molar-refractivity contribution is 6.32. The largest absolute Gasteiger partial charge is 0.306 e. The van der Waals surface area contributed by atoms with Gasteiger partial charge in [0.2, 0.25) is 0 Å². The highest BCUT2D eigenvalue weighted by Gasteiger charge is 2.04. The molecule has 3 rings (SSSR count). The van der Waals surface area contributed by atoms with Gasteiger partial charge in [0.05, 0.1) is 18.0 Å². The molecule has 0 N–H and O–H groups in total. The Morgan fingerprint density at radius 3 is 3.06 bits per heavy atom. The third-order valence-electron chi connectivity index (χ3n) is 2.48. The van der Waals surface area contributed by atoms with E-state index in [1.165, 1.54) is 0 Å². The average molecular weight is 230 g/mol. The molecular formula is C12H8ClN3. The van der Waals surface area contributed by atoms with Crippen LogP contribution < -0.4 is 0 Å². The van der Waals surface area contributed by atoms with Gasteiger partial charge in [0, 0.05) is 18.0 Å². The second-order valence-electron chi connectivity index (χ2n) is 3.48. The first-order chi connectivity index (χ1) is 7.84. The van der Waals surface area contributed by atoms with Gasteiger partial charge in [-0.2, -0.15) is 0 Å². The first kappa shape index (κ1) is 9.36. The van der Waals surface area contributed by atoms with Crippen molar-refractivity contribution in [1.29, 1.82) is 0 Å². The molecule has 0 spiro atoms. The van der Waals surface area contributed by atoms with Crippen molar-refractivity contribution in [3.63, 3.8) is 0 Å². The molecule has 0 saturated heterocycles. The topological polar surface area (TPSA) is 30.2 Å². The van der Waals surface area contributed by atoms with Crippen LogP contribution in [0.3, 0.4) is 0 Å². The van der Waals surface area contributed by atoms with Gasteiger partial charge >= 0.3 is 0 Å². The normalized spacial score (nSPS) is 10.8. The number of halogens is 1. The first-order valence-corrected chi connectivity index (χ1v) is 5.25. The third-order valence-corrected chi connectivity index (χ3v) is 2.79. The maximum Gasteiger partial charge on any atom is 0.136 e. The molecule has 0 aliphatic carbocycles. The molecule has 0 atom stereocenters. The van der Waals surface area contributed by atoms with Crippen molar-refractivity contribution in [3.8, 4) is 11.1 Å². The van der Waals surface area contributed by atoms with E-state index in [0.717, 1.165) is 16.6 Å². The third kappa shape index (κ3) is 1.46. The minimum absolute atomic E-state index is 0.520. The van der Waals surface area contributed by atoms with Gasteiger partial charge in [-0.1, -0.05) is 11.6 Å². The summed E-state index contributed by atoms with van der Waals surface area (Å²) in [4.78, 5) is 8.14. The zero-order valence-corrected chi connectivity index (χ0v) is 9.09. The van der Waals surface area contributed by atoms with Crippen LogP contribution in [-0.4, -0.2) is 14.4 Å². The van der Waals surface area contributed by atoms with Crippen molar-refractivity contribution in [3.05, 3.63) is 54.3 Å². The number of hydrogen-bond acceptors (Lipinski definition) is 2. The van der Waals surface area contributed by atoms with Crippen molar-refractivity contribution in [2.24, 2.45) is 0 Å². The Hall–Kier alpha value is -1.87. The maximum absolute atomic E-state index is 6.05. The summed E-state index contributed by atoms with van der Waals surface area (Å²) in [7, 11) is 0. The fourth-order valence-corrected chi connectivity index (χ4v) is 1.92. The van der Waals surface area contributed by atoms with Crippen LogP contribution in [0.2, 0.25) is 5.15 Å². The highest BCUT2D eigenvalue weighted by Crippen LogP contribution is 2.26. The number of fused-ring (bicyclic) bond motifs is 1. The Labute approximate surface area is 97.3 Å². The monoisotopic (exact) mass is 229 g/mol. The van der Waals surface area contributed by atoms with Gasteiger partial charge in [-0.3, -0.25) is 0 Å². The highest BCUT2D eigenvalue weighted by atomic mass is 35.5. The van der Waals surface area contributed by atoms with Crippen LogP contribution in [0.15, 0.2) is 49.2 Å². The van der Waals surface area contributed by atoms with E-state index in [0.29, 0.717) is 5.15 Å². The van der Waals surface area contributed by atoms with E-state index in [9.17, 15) is 0 Å². The molecule has 0 fully saturated rings. The van der Waals surface area contributed by atoms with Crippen LogP contribution in [-0.2, 0) is 0 Å². The van der Waals surface area contributed by atoms with E-state index >= 15 is 0 Å². The van der Waals surface area contributed by atoms with E-state index in [-0.39, 0.29) is 0 Å². The van der Waals surface area contributed by atoms with E-state index < -0.39 is 0 Å². The van der Waals surface area contributed by atoms with Crippen LogP contribution in [0.5, 0.6) is 0 Å². The van der Waals surface area contributed by atoms with E-state index in [4.69, 9.17) is 11.6 Å². The number of pyridine rings is 2. The van der Waals surface area contributed by atoms with E-state index in [2.05, 4.69) is 9.97 Å². The molecule has 3 aromatic heterocycles. The van der Waals surface area contributed by atoms with Crippen molar-refractivity contribution < 1.29 is 0 Å². The van der Waals surface area contributed by atoms with Gasteiger partial charge in [-0.15, -0.1) is 0 Å². The Morgan fingerprint density at radius 1 is 1.25 bits per heavy atom. The number of hydrogen-bond donors (Lipinski definition) is 0. The Morgan fingerprint density at radius 2 is 2.19 bits per heavy atom. The first-order valence-electron chi connectivity index (χ1n) is 4.87. The summed E-state index contributed by atoms with van der Waals surface area (Å²) < 4.78 is 1.95. The summed E-state index contributed by atoms with van der Waals surface area (Å²) in [5.41, 5.74) is 3.02. The van der Waals surface area contributed by atoms with Crippen LogP contribution in [0, 0.1) is 0 Å². The molecule has 0 saturated carbocycles. The minimum atomic E-state index is 0.520. The van der Waals surface area contributed by atoms with E-state index in [1.54, 1.807) is 12.5 Å². The predicted molar refractivity (Wildman–Crippen MR) is 63.4 cm³/mol. The summed E-state index contributed by atoms with van der Waals surface area (Å²) in [5.74, 6) is 0. The Bertz CT molecular complexity index is 645. The summed E-state index contributed by atoms with van der Waals surface area (Å²) in [6, 6.07) is 7.87. The molecule has 0 unspecified atom stereocenters. The molecule has 3 heterocycles. The molecule has 0 aliphatic heterocycles. The fourth-order valence-electron chi connectivity index (χ4n) is 1.69. The molecule has 0 aromatic carbocycles. The molecule has 0 aliphatic rings. The summed E-state index contributed by atoms with van der Waals surface area (Å²) in [5, 5.41) is 0.520. The number of aromatic nitrogens is 3. The van der Waals surface area contributed by atoms with Crippen molar-refractivity contribution in [1.82, 2.24) is 14.4 Å². The second kappa shape index (κ2) is 3.61. The van der Waals surface area contributed by atoms with Crippen LogP contribution in [0.25, 0.3) is 16.6 Å². The summed E-state index contributed by atoms with van der Waals surface area (Å²) in [6.45, 7) is 0. The Balaban J connectivity index is 2.22. The van der Waals surface area contributed by atoms with Crippen molar-refractivity contribution in [2.75, 3.05) is 0 Å². The van der Waals surface area contributed by atoms with Crippen molar-refractivity contribution in [2.45, 2.75) is 0 Å².